The molecule has 0 fully saturated rings. The molecule has 0 saturated carbocycles. The number of hydrogen-bond acceptors (Lipinski definition) is 8. The van der Waals surface area contributed by atoms with Crippen molar-refractivity contribution >= 4 is 41.3 Å². The Balaban J connectivity index is 1.11. The van der Waals surface area contributed by atoms with Crippen molar-refractivity contribution in [2.75, 3.05) is 19.7 Å². The Morgan fingerprint density at radius 2 is 1.37 bits per heavy atom. The molecule has 0 saturated heterocycles. The molecule has 1 aliphatic rings. The molecule has 10 nitrogen and oxygen atoms in total. The number of fused-ring (bicyclic) bond motifs is 4. The van der Waals surface area contributed by atoms with Crippen LogP contribution in [0.1, 0.15) is 55.4 Å². The average molecular weight is 728 g/mol. The summed E-state index contributed by atoms with van der Waals surface area (Å²) in [5, 5.41) is 27.7. The van der Waals surface area contributed by atoms with Gasteiger partial charge in [-0.25, -0.2) is 9.59 Å². The Morgan fingerprint density at radius 1 is 0.778 bits per heavy atom. The van der Waals surface area contributed by atoms with E-state index in [1.165, 1.54) is 0 Å². The Labute approximate surface area is 316 Å². The van der Waals surface area contributed by atoms with Crippen LogP contribution in [0.25, 0.3) is 21.9 Å². The minimum Gasteiger partial charge on any atom is -0.458 e. The number of ether oxygens (including phenoxy) is 2. The predicted octanol–water partition coefficient (Wildman–Crippen LogP) is 5.28. The molecule has 278 valence electrons. The second kappa shape index (κ2) is 17.1. The van der Waals surface area contributed by atoms with Gasteiger partial charge in [0.15, 0.2) is 0 Å². The smallest absolute Gasteiger partial charge is 0.458 e. The number of rotatable bonds is 14. The first-order valence-corrected chi connectivity index (χ1v) is 18.2. The Hall–Kier alpha value is -5.49. The Kier molecular flexibility index (Phi) is 12.1. The number of nitrogens with zero attached hydrogens (tertiary/aromatic N) is 1. The number of carbonyl (C=O) groups is 3. The van der Waals surface area contributed by atoms with E-state index in [0.717, 1.165) is 44.2 Å². The predicted molar refractivity (Wildman–Crippen MR) is 210 cm³/mol. The van der Waals surface area contributed by atoms with E-state index in [2.05, 4.69) is 39.8 Å². The first-order chi connectivity index (χ1) is 26.0. The van der Waals surface area contributed by atoms with Gasteiger partial charge in [0.25, 0.3) is 0 Å². The molecular weight excluding hydrogens is 681 g/mol. The van der Waals surface area contributed by atoms with Crippen molar-refractivity contribution in [2.45, 2.75) is 57.8 Å². The van der Waals surface area contributed by atoms with Gasteiger partial charge < -0.3 is 30.2 Å². The third-order valence-electron chi connectivity index (χ3n) is 9.47. The van der Waals surface area contributed by atoms with Crippen molar-refractivity contribution < 1.29 is 33.9 Å². The molecular formula is C43H46BN3O7. The molecule has 6 rings (SSSR count). The standard InChI is InChI=1S/C43H46BN3O7/c1-43(2,3)54-41(49)39(46-42(50)53-28-37-35-20-9-7-18-33(35)34-19-8-10-21-36(34)37)25-40(48)45-23-24-47(27-31-14-5-11-22-38(31)44(51)52)26-30-16-12-15-29-13-4-6-17-32(29)30/h4-22,37,39,51-52H,23-28H2,1-3H3,(H,45,48)(H,46,50)/t39-/m0/s1. The van der Waals surface area contributed by atoms with Crippen LogP contribution >= 0.6 is 0 Å². The summed E-state index contributed by atoms with van der Waals surface area (Å²) in [5.74, 6) is -1.38. The van der Waals surface area contributed by atoms with Crippen LogP contribution in [-0.4, -0.2) is 71.4 Å². The zero-order chi connectivity index (χ0) is 38.2. The number of amides is 2. The summed E-state index contributed by atoms with van der Waals surface area (Å²) in [4.78, 5) is 42.0. The Morgan fingerprint density at radius 3 is 2.07 bits per heavy atom. The lowest BCUT2D eigenvalue weighted by atomic mass is 9.77. The molecule has 2 amide bonds. The lowest BCUT2D eigenvalue weighted by Crippen LogP contribution is -2.47. The lowest BCUT2D eigenvalue weighted by molar-refractivity contribution is -0.158. The number of hydrogen-bond donors (Lipinski definition) is 4. The van der Waals surface area contributed by atoms with E-state index >= 15 is 0 Å². The highest BCUT2D eigenvalue weighted by molar-refractivity contribution is 6.59. The first kappa shape index (κ1) is 38.2. The summed E-state index contributed by atoms with van der Waals surface area (Å²) >= 11 is 0. The maximum Gasteiger partial charge on any atom is 0.488 e. The third kappa shape index (κ3) is 9.54. The lowest BCUT2D eigenvalue weighted by Gasteiger charge is -2.26. The number of carbonyl (C=O) groups excluding carboxylic acids is 3. The van der Waals surface area contributed by atoms with Crippen LogP contribution in [0.15, 0.2) is 115 Å². The minimum atomic E-state index is -1.63. The van der Waals surface area contributed by atoms with Gasteiger partial charge in [0.05, 0.1) is 6.42 Å². The largest absolute Gasteiger partial charge is 0.488 e. The number of esters is 1. The number of nitrogens with one attached hydrogen (secondary N) is 2. The normalized spacial score (nSPS) is 12.9. The van der Waals surface area contributed by atoms with Crippen LogP contribution in [0.2, 0.25) is 0 Å². The van der Waals surface area contributed by atoms with Gasteiger partial charge in [0.2, 0.25) is 5.91 Å². The SMILES string of the molecule is CC(C)(C)OC(=O)[C@H](CC(=O)NCCN(Cc1ccccc1B(O)O)Cc1cccc2ccccc12)NC(=O)OCC1c2ccccc2-c2ccccc21. The van der Waals surface area contributed by atoms with Crippen molar-refractivity contribution in [2.24, 2.45) is 0 Å². The maximum atomic E-state index is 13.4. The molecule has 11 heteroatoms. The summed E-state index contributed by atoms with van der Waals surface area (Å²) in [6, 6.07) is 36.1. The van der Waals surface area contributed by atoms with Crippen LogP contribution in [0.4, 0.5) is 4.79 Å². The Bertz CT molecular complexity index is 2060. The van der Waals surface area contributed by atoms with E-state index in [4.69, 9.17) is 9.47 Å². The van der Waals surface area contributed by atoms with E-state index in [9.17, 15) is 24.4 Å². The van der Waals surface area contributed by atoms with Gasteiger partial charge in [-0.2, -0.15) is 0 Å². The van der Waals surface area contributed by atoms with Crippen LogP contribution in [-0.2, 0) is 32.2 Å². The summed E-state index contributed by atoms with van der Waals surface area (Å²) in [6.45, 7) is 6.74. The van der Waals surface area contributed by atoms with Crippen LogP contribution in [0, 0.1) is 0 Å². The fourth-order valence-corrected chi connectivity index (χ4v) is 7.02. The summed E-state index contributed by atoms with van der Waals surface area (Å²) < 4.78 is 11.3. The van der Waals surface area contributed by atoms with Crippen LogP contribution < -0.4 is 16.1 Å². The molecule has 0 aromatic heterocycles. The van der Waals surface area contributed by atoms with Crippen molar-refractivity contribution in [3.05, 3.63) is 138 Å². The molecule has 0 heterocycles. The molecule has 1 aliphatic carbocycles. The van der Waals surface area contributed by atoms with Gasteiger partial charge in [-0.15, -0.1) is 0 Å². The van der Waals surface area contributed by atoms with Crippen molar-refractivity contribution in [3.63, 3.8) is 0 Å². The molecule has 54 heavy (non-hydrogen) atoms. The zero-order valence-electron chi connectivity index (χ0n) is 30.8. The molecule has 0 radical (unpaired) electrons. The second-order valence-corrected chi connectivity index (χ2v) is 14.5. The monoisotopic (exact) mass is 727 g/mol. The maximum absolute atomic E-state index is 13.4. The molecule has 1 atom stereocenters. The van der Waals surface area contributed by atoms with Gasteiger partial charge in [0, 0.05) is 32.1 Å². The van der Waals surface area contributed by atoms with E-state index in [1.807, 2.05) is 78.9 Å². The van der Waals surface area contributed by atoms with Gasteiger partial charge in [0.1, 0.15) is 18.2 Å². The van der Waals surface area contributed by atoms with Crippen molar-refractivity contribution in [1.82, 2.24) is 15.5 Å². The van der Waals surface area contributed by atoms with Crippen LogP contribution in [0.3, 0.4) is 0 Å². The molecule has 0 spiro atoms. The highest BCUT2D eigenvalue weighted by Crippen LogP contribution is 2.44. The summed E-state index contributed by atoms with van der Waals surface area (Å²) in [6.07, 6.45) is -1.19. The van der Waals surface area contributed by atoms with Gasteiger partial charge in [-0.05, 0) is 70.4 Å². The molecule has 5 aromatic carbocycles. The first-order valence-electron chi connectivity index (χ1n) is 18.2. The molecule has 0 bridgehead atoms. The fourth-order valence-electron chi connectivity index (χ4n) is 7.02. The second-order valence-electron chi connectivity index (χ2n) is 14.5. The highest BCUT2D eigenvalue weighted by Gasteiger charge is 2.32. The average Bonchev–Trinajstić information content (AvgIpc) is 3.46. The van der Waals surface area contributed by atoms with E-state index in [-0.39, 0.29) is 25.5 Å². The van der Waals surface area contributed by atoms with Crippen molar-refractivity contribution in [1.29, 1.82) is 0 Å². The highest BCUT2D eigenvalue weighted by atomic mass is 16.6. The fraction of sp³-hybridized carbons (Fsp3) is 0.279. The molecule has 0 unspecified atom stereocenters. The van der Waals surface area contributed by atoms with Gasteiger partial charge in [-0.3, -0.25) is 9.69 Å². The summed E-state index contributed by atoms with van der Waals surface area (Å²) in [7, 11) is -1.63. The van der Waals surface area contributed by atoms with Crippen molar-refractivity contribution in [3.8, 4) is 11.1 Å². The van der Waals surface area contributed by atoms with Gasteiger partial charge >= 0.3 is 19.2 Å². The summed E-state index contributed by atoms with van der Waals surface area (Å²) in [5.41, 5.74) is 5.68. The minimum absolute atomic E-state index is 0.0517. The van der Waals surface area contributed by atoms with E-state index in [1.54, 1.807) is 32.9 Å². The topological polar surface area (TPSA) is 137 Å². The quantitative estimate of drug-likeness (QED) is 0.0897. The zero-order valence-corrected chi connectivity index (χ0v) is 30.8. The van der Waals surface area contributed by atoms with E-state index < -0.39 is 36.7 Å². The number of benzene rings is 5. The van der Waals surface area contributed by atoms with Crippen LogP contribution in [0.5, 0.6) is 0 Å². The molecule has 0 aliphatic heterocycles. The third-order valence-corrected chi connectivity index (χ3v) is 9.47. The number of alkyl carbamates (subject to hydrolysis) is 1. The van der Waals surface area contributed by atoms with Gasteiger partial charge in [-0.1, -0.05) is 115 Å². The molecule has 4 N–H and O–H groups in total. The van der Waals surface area contributed by atoms with E-state index in [0.29, 0.717) is 25.1 Å². The molecule has 5 aromatic rings.